The summed E-state index contributed by atoms with van der Waals surface area (Å²) in [7, 11) is -3.90. The number of carbonyl (C=O) groups excluding carboxylic acids is 2. The molecule has 0 radical (unpaired) electrons. The predicted molar refractivity (Wildman–Crippen MR) is 155 cm³/mol. The van der Waals surface area contributed by atoms with E-state index in [1.807, 2.05) is 51.1 Å². The van der Waals surface area contributed by atoms with Crippen molar-refractivity contribution in [1.82, 2.24) is 4.31 Å². The molecule has 0 N–H and O–H groups in total. The van der Waals surface area contributed by atoms with E-state index in [4.69, 9.17) is 23.2 Å². The predicted octanol–water partition coefficient (Wildman–Crippen LogP) is 7.23. The van der Waals surface area contributed by atoms with Crippen molar-refractivity contribution in [1.29, 1.82) is 0 Å². The van der Waals surface area contributed by atoms with Gasteiger partial charge >= 0.3 is 0 Å². The van der Waals surface area contributed by atoms with E-state index in [-0.39, 0.29) is 23.0 Å². The fourth-order valence-corrected chi connectivity index (χ4v) is 6.85. The monoisotopic (exact) mass is 577 g/mol. The van der Waals surface area contributed by atoms with Crippen LogP contribution in [0, 0.1) is 11.3 Å². The second-order valence-corrected chi connectivity index (χ2v) is 15.5. The van der Waals surface area contributed by atoms with Crippen molar-refractivity contribution in [2.24, 2.45) is 11.3 Å². The van der Waals surface area contributed by atoms with E-state index in [1.54, 1.807) is 45.0 Å². The van der Waals surface area contributed by atoms with Gasteiger partial charge in [0.05, 0.1) is 20.8 Å². The fourth-order valence-electron chi connectivity index (χ4n) is 4.72. The van der Waals surface area contributed by atoms with E-state index >= 15 is 0 Å². The van der Waals surface area contributed by atoms with Crippen LogP contribution < -0.4 is 0 Å². The molecule has 0 aromatic heterocycles. The third-order valence-electron chi connectivity index (χ3n) is 7.01. The number of rotatable bonds is 8. The molecule has 0 amide bonds. The lowest BCUT2D eigenvalue weighted by Crippen LogP contribution is -2.51. The molecule has 2 aromatic carbocycles. The maximum absolute atomic E-state index is 14.1. The Bertz CT molecular complexity index is 1340. The molecule has 0 bridgehead atoms. The number of benzene rings is 2. The summed E-state index contributed by atoms with van der Waals surface area (Å²) in [6.45, 7) is 12.3. The zero-order chi connectivity index (χ0) is 28.6. The van der Waals surface area contributed by atoms with Crippen molar-refractivity contribution < 1.29 is 18.0 Å². The van der Waals surface area contributed by atoms with Crippen LogP contribution in [0.3, 0.4) is 0 Å². The molecule has 8 heteroatoms. The number of sulfonamides is 1. The number of carbonyl (C=O) groups is 2. The summed E-state index contributed by atoms with van der Waals surface area (Å²) in [5.74, 6) is -0.863. The molecule has 0 spiro atoms. The zero-order valence-electron chi connectivity index (χ0n) is 23.1. The van der Waals surface area contributed by atoms with Gasteiger partial charge in [0.15, 0.2) is 5.78 Å². The van der Waals surface area contributed by atoms with Crippen LogP contribution in [-0.2, 0) is 26.0 Å². The van der Waals surface area contributed by atoms with E-state index in [0.717, 1.165) is 5.56 Å². The minimum Gasteiger partial charge on any atom is -0.300 e. The Balaban J connectivity index is 2.14. The van der Waals surface area contributed by atoms with Gasteiger partial charge in [0.25, 0.3) is 0 Å². The number of halogens is 2. The van der Waals surface area contributed by atoms with Gasteiger partial charge in [-0.25, -0.2) is 8.42 Å². The van der Waals surface area contributed by atoms with Gasteiger partial charge in [-0.15, -0.1) is 0 Å². The zero-order valence-corrected chi connectivity index (χ0v) is 25.4. The van der Waals surface area contributed by atoms with Gasteiger partial charge in [0.1, 0.15) is 5.78 Å². The van der Waals surface area contributed by atoms with Crippen LogP contribution in [0.2, 0.25) is 10.0 Å². The van der Waals surface area contributed by atoms with Crippen molar-refractivity contribution in [3.8, 4) is 0 Å². The van der Waals surface area contributed by atoms with E-state index in [0.29, 0.717) is 22.6 Å². The van der Waals surface area contributed by atoms with Crippen LogP contribution in [0.25, 0.3) is 0 Å². The highest BCUT2D eigenvalue weighted by atomic mass is 35.5. The lowest BCUT2D eigenvalue weighted by molar-refractivity contribution is -0.125. The van der Waals surface area contributed by atoms with Crippen molar-refractivity contribution in [3.05, 3.63) is 81.4 Å². The summed E-state index contributed by atoms with van der Waals surface area (Å²) in [5, 5.41) is 0.608. The average molecular weight is 579 g/mol. The first-order chi connectivity index (χ1) is 17.4. The summed E-state index contributed by atoms with van der Waals surface area (Å²) < 4.78 is 28.4. The van der Waals surface area contributed by atoms with Crippen LogP contribution in [-0.4, -0.2) is 35.1 Å². The Morgan fingerprint density at radius 3 is 2.05 bits per heavy atom. The van der Waals surface area contributed by atoms with E-state index < -0.39 is 38.2 Å². The van der Waals surface area contributed by atoms with Gasteiger partial charge in [-0.2, -0.15) is 4.31 Å². The molecule has 0 saturated carbocycles. The highest BCUT2D eigenvalue weighted by Crippen LogP contribution is 2.48. The summed E-state index contributed by atoms with van der Waals surface area (Å²) in [5.41, 5.74) is 1.36. The summed E-state index contributed by atoms with van der Waals surface area (Å²) in [6.07, 6.45) is 2.19. The Morgan fingerprint density at radius 1 is 0.947 bits per heavy atom. The molecular weight excluding hydrogens is 541 g/mol. The van der Waals surface area contributed by atoms with Crippen LogP contribution in [0.1, 0.15) is 72.1 Å². The molecule has 1 aliphatic heterocycles. The normalized spacial score (nSPS) is 19.8. The third-order valence-corrected chi connectivity index (χ3v) is 10.3. The van der Waals surface area contributed by atoms with Crippen molar-refractivity contribution in [3.63, 3.8) is 0 Å². The topological polar surface area (TPSA) is 71.5 Å². The highest BCUT2D eigenvalue weighted by Gasteiger charge is 2.52. The van der Waals surface area contributed by atoms with Gasteiger partial charge in [-0.05, 0) is 62.8 Å². The van der Waals surface area contributed by atoms with Crippen molar-refractivity contribution in [2.45, 2.75) is 78.1 Å². The molecule has 0 aliphatic carbocycles. The maximum Gasteiger partial charge on any atom is 0.220 e. The Hall–Kier alpha value is -1.99. The van der Waals surface area contributed by atoms with E-state index in [1.165, 1.54) is 11.2 Å². The van der Waals surface area contributed by atoms with Gasteiger partial charge in [-0.1, -0.05) is 86.4 Å². The largest absolute Gasteiger partial charge is 0.300 e. The molecule has 0 saturated heterocycles. The van der Waals surface area contributed by atoms with E-state index in [9.17, 15) is 18.0 Å². The summed E-state index contributed by atoms with van der Waals surface area (Å²) >= 11 is 12.5. The third kappa shape index (κ3) is 6.41. The molecule has 1 heterocycles. The maximum atomic E-state index is 14.1. The molecule has 0 fully saturated rings. The molecule has 1 aliphatic rings. The second kappa shape index (κ2) is 11.2. The lowest BCUT2D eigenvalue weighted by Gasteiger charge is -2.40. The van der Waals surface area contributed by atoms with Gasteiger partial charge in [0, 0.05) is 24.0 Å². The number of hydrogen-bond acceptors (Lipinski definition) is 4. The number of hydrogen-bond donors (Lipinski definition) is 0. The fraction of sp³-hybridized carbons (Fsp3) is 0.467. The number of nitrogens with zero attached hydrogens (tertiary/aromatic N) is 1. The lowest BCUT2D eigenvalue weighted by atomic mass is 9.85. The van der Waals surface area contributed by atoms with Crippen LogP contribution >= 0.6 is 23.2 Å². The Morgan fingerprint density at radius 2 is 1.55 bits per heavy atom. The Kier molecular flexibility index (Phi) is 9.04. The first-order valence-electron chi connectivity index (χ1n) is 12.7. The average Bonchev–Trinajstić information content (AvgIpc) is 3.22. The molecule has 5 nitrogen and oxygen atoms in total. The molecule has 0 unspecified atom stereocenters. The van der Waals surface area contributed by atoms with Crippen LogP contribution in [0.5, 0.6) is 0 Å². The molecule has 206 valence electrons. The van der Waals surface area contributed by atoms with Crippen molar-refractivity contribution in [2.75, 3.05) is 0 Å². The molecular formula is C30H37Cl2NO4S. The van der Waals surface area contributed by atoms with Crippen LogP contribution in [0.15, 0.2) is 60.2 Å². The quantitative estimate of drug-likeness (QED) is 0.332. The minimum absolute atomic E-state index is 0.0197. The molecule has 3 rings (SSSR count). The Labute approximate surface area is 237 Å². The summed E-state index contributed by atoms with van der Waals surface area (Å²) in [4.78, 5) is 26.6. The number of ketones is 2. The van der Waals surface area contributed by atoms with Crippen molar-refractivity contribution >= 4 is 44.8 Å². The molecule has 3 atom stereocenters. The minimum atomic E-state index is -3.90. The first-order valence-corrected chi connectivity index (χ1v) is 14.9. The van der Waals surface area contributed by atoms with E-state index in [2.05, 4.69) is 0 Å². The molecule has 2 aromatic rings. The standard InChI is InChI=1S/C30H37Cl2NO4S/c1-19(34)22(15-20-11-9-8-10-12-20)17-26(35)23-18-27(29(2,3)4)33(38(36,37)30(5,6)7)28(23)21-13-14-24(31)25(32)16-21/h8-14,16,18,22,27-28H,15,17H2,1-7H3/t22-,27+,28+/m1/s1. The highest BCUT2D eigenvalue weighted by molar-refractivity contribution is 7.90. The smallest absolute Gasteiger partial charge is 0.220 e. The van der Waals surface area contributed by atoms with Gasteiger partial charge in [-0.3, -0.25) is 9.59 Å². The van der Waals surface area contributed by atoms with Crippen LogP contribution in [0.4, 0.5) is 0 Å². The second-order valence-electron chi connectivity index (χ2n) is 12.1. The van der Waals surface area contributed by atoms with Gasteiger partial charge in [0.2, 0.25) is 10.0 Å². The molecule has 38 heavy (non-hydrogen) atoms. The van der Waals surface area contributed by atoms with Gasteiger partial charge < -0.3 is 0 Å². The number of Topliss-reactive ketones (excluding diaryl/α,β-unsaturated/α-hetero) is 2. The SMILES string of the molecule is CC(=O)[C@@H](CC(=O)C1=C[C@@H](C(C)(C)C)N(S(=O)(=O)C(C)(C)C)[C@H]1c1ccc(Cl)c(Cl)c1)Cc1ccccc1. The first kappa shape index (κ1) is 30.6. The summed E-state index contributed by atoms with van der Waals surface area (Å²) in [6, 6.07) is 13.0.